The predicted molar refractivity (Wildman–Crippen MR) is 87.1 cm³/mol. The number of nitrogens with zero attached hydrogens (tertiary/aromatic N) is 1. The van der Waals surface area contributed by atoms with E-state index < -0.39 is 23.5 Å². The summed E-state index contributed by atoms with van der Waals surface area (Å²) in [6, 6.07) is 0. The molecule has 0 saturated heterocycles. The molecule has 0 fully saturated rings. The van der Waals surface area contributed by atoms with Crippen LogP contribution in [0.1, 0.15) is 27.7 Å². The van der Waals surface area contributed by atoms with E-state index in [1.165, 1.54) is 0 Å². The van der Waals surface area contributed by atoms with E-state index in [4.69, 9.17) is 29.1 Å². The van der Waals surface area contributed by atoms with Gasteiger partial charge >= 0.3 is 121 Å². The second kappa shape index (κ2) is 7.86. The molecule has 1 heterocycles. The number of nitrogens with two attached hydrogens (primary N) is 2. The summed E-state index contributed by atoms with van der Waals surface area (Å²) in [6.07, 6.45) is 0. The summed E-state index contributed by atoms with van der Waals surface area (Å²) >= 11 is 0. The van der Waals surface area contributed by atoms with E-state index in [1.54, 1.807) is 0 Å². The van der Waals surface area contributed by atoms with Crippen molar-refractivity contribution in [2.45, 2.75) is 27.7 Å². The molecule has 124 valence electrons. The molecule has 0 atom stereocenters. The number of hydrogen-bond donors (Lipinski definition) is 4. The zero-order chi connectivity index (χ0) is 15.3. The first-order chi connectivity index (χ1) is 9.36. The topological polar surface area (TPSA) is 125 Å². The molecule has 0 aromatic carbocycles. The van der Waals surface area contributed by atoms with Crippen LogP contribution in [0.4, 0.5) is 0 Å². The van der Waals surface area contributed by atoms with Crippen molar-refractivity contribution in [1.82, 2.24) is 9.72 Å². The van der Waals surface area contributed by atoms with Crippen LogP contribution in [0.5, 0.6) is 0 Å². The summed E-state index contributed by atoms with van der Waals surface area (Å²) in [4.78, 5) is 6.26. The Morgan fingerprint density at radius 2 is 1.35 bits per heavy atom. The Hall–Kier alpha value is 0.770. The van der Waals surface area contributed by atoms with Gasteiger partial charge in [0.1, 0.15) is 0 Å². The Morgan fingerprint density at radius 3 is 1.75 bits per heavy atom. The van der Waals surface area contributed by atoms with E-state index in [9.17, 15) is 0 Å². The van der Waals surface area contributed by atoms with E-state index >= 15 is 0 Å². The summed E-state index contributed by atoms with van der Waals surface area (Å²) in [5, 5.41) is 0. The molecule has 0 amide bonds. The van der Waals surface area contributed by atoms with E-state index in [0.717, 1.165) is 0 Å². The van der Waals surface area contributed by atoms with Gasteiger partial charge in [0.2, 0.25) is 0 Å². The van der Waals surface area contributed by atoms with Crippen molar-refractivity contribution in [3.63, 3.8) is 0 Å². The summed E-state index contributed by atoms with van der Waals surface area (Å²) in [7, 11) is -8.88. The molecule has 0 bridgehead atoms. The standard InChI is InChI=1S/C8H28N5O4P3/c1-5-14-19(15-6-2)11-18(9,10)12-20(13-19,16-7-3)17-8-4/h11,13,19-20H,5-10H2,1-4H3. The molecule has 20 heavy (non-hydrogen) atoms. The first-order valence-corrected chi connectivity index (χ1v) is 12.2. The molecule has 1 rings (SSSR count). The molecule has 0 spiro atoms. The van der Waals surface area contributed by atoms with Crippen LogP contribution in [0, 0.1) is 0 Å². The fourth-order valence-corrected chi connectivity index (χ4v) is 13.1. The Morgan fingerprint density at radius 1 is 0.900 bits per heavy atom. The fraction of sp³-hybridized carbons (Fsp3) is 1.00. The molecular weight excluding hydrogens is 323 g/mol. The summed E-state index contributed by atoms with van der Waals surface area (Å²) in [5.41, 5.74) is 12.1. The van der Waals surface area contributed by atoms with Crippen molar-refractivity contribution in [3.05, 3.63) is 0 Å². The number of rotatable bonds is 8. The maximum absolute atomic E-state index is 6.07. The average Bonchev–Trinajstić information content (AvgIpc) is 2.27. The predicted octanol–water partition coefficient (Wildman–Crippen LogP) is 2.01. The molecule has 0 unspecified atom stereocenters. The van der Waals surface area contributed by atoms with Gasteiger partial charge in [0.15, 0.2) is 0 Å². The fourth-order valence-electron chi connectivity index (χ4n) is 1.89. The molecule has 0 radical (unpaired) electrons. The van der Waals surface area contributed by atoms with Crippen LogP contribution in [-0.2, 0) is 18.1 Å². The summed E-state index contributed by atoms with van der Waals surface area (Å²) in [5.74, 6) is 0. The monoisotopic (exact) mass is 351 g/mol. The van der Waals surface area contributed by atoms with Gasteiger partial charge in [-0.2, -0.15) is 0 Å². The van der Waals surface area contributed by atoms with Crippen molar-refractivity contribution >= 4 is 23.5 Å². The molecule has 0 aromatic rings. The zero-order valence-electron chi connectivity index (χ0n) is 12.5. The Balaban J connectivity index is 3.18. The molecule has 0 aliphatic carbocycles. The SMILES string of the molecule is CCO[PH]1(OCC)N=P(N)(N)N[PH](OCC)(OCC)N1. The van der Waals surface area contributed by atoms with Crippen LogP contribution in [0.15, 0.2) is 4.52 Å². The van der Waals surface area contributed by atoms with Crippen molar-refractivity contribution in [2.75, 3.05) is 26.4 Å². The Kier molecular flexibility index (Phi) is 7.39. The molecule has 1 aliphatic heterocycles. The van der Waals surface area contributed by atoms with Crippen molar-refractivity contribution in [2.24, 2.45) is 15.5 Å². The van der Waals surface area contributed by atoms with Crippen molar-refractivity contribution in [1.29, 1.82) is 0 Å². The molecule has 0 saturated carbocycles. The normalized spacial score (nSPS) is 26.5. The first kappa shape index (κ1) is 18.8. The minimum atomic E-state index is -3.10. The first-order valence-electron chi connectivity index (χ1n) is 6.71. The van der Waals surface area contributed by atoms with E-state index in [-0.39, 0.29) is 0 Å². The van der Waals surface area contributed by atoms with Gasteiger partial charge in [-0.15, -0.1) is 0 Å². The summed E-state index contributed by atoms with van der Waals surface area (Å²) in [6.45, 7) is 9.26. The van der Waals surface area contributed by atoms with Gasteiger partial charge in [0.05, 0.1) is 0 Å². The molecule has 1 aliphatic rings. The zero-order valence-corrected chi connectivity index (χ0v) is 15.4. The van der Waals surface area contributed by atoms with Crippen LogP contribution in [-0.4, -0.2) is 26.4 Å². The van der Waals surface area contributed by atoms with Gasteiger partial charge in [-0.05, 0) is 0 Å². The van der Waals surface area contributed by atoms with Gasteiger partial charge in [-0.1, -0.05) is 0 Å². The third kappa shape index (κ3) is 4.90. The number of hydrogen-bond acceptors (Lipinski definition) is 9. The van der Waals surface area contributed by atoms with Crippen LogP contribution in [0.2, 0.25) is 0 Å². The quantitative estimate of drug-likeness (QED) is 0.489. The van der Waals surface area contributed by atoms with E-state index in [0.29, 0.717) is 26.4 Å². The second-order valence-electron chi connectivity index (χ2n) is 4.01. The van der Waals surface area contributed by atoms with Crippen LogP contribution < -0.4 is 20.7 Å². The van der Waals surface area contributed by atoms with Gasteiger partial charge in [-0.3, -0.25) is 0 Å². The minimum absolute atomic E-state index is 0.436. The molecular formula is C8H28N5O4P3. The summed E-state index contributed by atoms with van der Waals surface area (Å²) < 4.78 is 27.4. The van der Waals surface area contributed by atoms with Crippen molar-refractivity contribution < 1.29 is 18.1 Å². The Bertz CT molecular complexity index is 354. The average molecular weight is 351 g/mol. The Labute approximate surface area is 121 Å². The third-order valence-corrected chi connectivity index (χ3v) is 12.6. The van der Waals surface area contributed by atoms with Gasteiger partial charge in [0, 0.05) is 0 Å². The number of nitrogens with one attached hydrogen (secondary N) is 2. The van der Waals surface area contributed by atoms with Gasteiger partial charge < -0.3 is 0 Å². The van der Waals surface area contributed by atoms with E-state index in [2.05, 4.69) is 14.2 Å². The maximum atomic E-state index is 6.07. The van der Waals surface area contributed by atoms with Crippen LogP contribution in [0.25, 0.3) is 0 Å². The van der Waals surface area contributed by atoms with Gasteiger partial charge in [0.25, 0.3) is 0 Å². The molecule has 6 N–H and O–H groups in total. The van der Waals surface area contributed by atoms with Crippen LogP contribution in [0.3, 0.4) is 0 Å². The second-order valence-corrected chi connectivity index (χ2v) is 11.7. The van der Waals surface area contributed by atoms with Crippen molar-refractivity contribution in [3.8, 4) is 0 Å². The van der Waals surface area contributed by atoms with Gasteiger partial charge in [-0.25, -0.2) is 0 Å². The van der Waals surface area contributed by atoms with Crippen LogP contribution >= 0.6 is 23.5 Å². The molecule has 9 nitrogen and oxygen atoms in total. The molecule has 12 heteroatoms. The third-order valence-electron chi connectivity index (χ3n) is 2.32. The molecule has 0 aromatic heterocycles. The van der Waals surface area contributed by atoms with E-state index in [1.807, 2.05) is 27.7 Å².